The van der Waals surface area contributed by atoms with E-state index in [4.69, 9.17) is 11.5 Å². The Morgan fingerprint density at radius 2 is 2.31 bits per heavy atom. The van der Waals surface area contributed by atoms with E-state index in [2.05, 4.69) is 4.98 Å². The molecular weight excluding hydrogens is 210 g/mol. The number of aromatic nitrogens is 2. The number of nitrogens with zero attached hydrogens (tertiary/aromatic N) is 3. The largest absolute Gasteiger partial charge is 0.358 e. The summed E-state index contributed by atoms with van der Waals surface area (Å²) in [5, 5.41) is 10.7. The van der Waals surface area contributed by atoms with Gasteiger partial charge in [0.05, 0.1) is 0 Å². The lowest BCUT2D eigenvalue weighted by atomic mass is 10.2. The molecule has 0 radical (unpaired) electrons. The number of imidazole rings is 1. The van der Waals surface area contributed by atoms with Crippen LogP contribution in [-0.4, -0.2) is 21.0 Å². The molecule has 1 heterocycles. The number of nitrogens with two attached hydrogens (primary N) is 2. The van der Waals surface area contributed by atoms with Gasteiger partial charge in [0.1, 0.15) is 6.20 Å². The molecule has 1 rings (SSSR count). The van der Waals surface area contributed by atoms with E-state index in [9.17, 15) is 10.1 Å². The van der Waals surface area contributed by atoms with E-state index < -0.39 is 11.1 Å². The van der Waals surface area contributed by atoms with Crippen molar-refractivity contribution in [3.8, 4) is 0 Å². The van der Waals surface area contributed by atoms with Crippen LogP contribution in [-0.2, 0) is 0 Å². The first-order chi connectivity index (χ1) is 7.57. The van der Waals surface area contributed by atoms with Crippen molar-refractivity contribution in [1.29, 1.82) is 0 Å². The van der Waals surface area contributed by atoms with Gasteiger partial charge in [-0.2, -0.15) is 4.57 Å². The first kappa shape index (κ1) is 12.6. The second-order valence-electron chi connectivity index (χ2n) is 3.64. The molecule has 0 amide bonds. The van der Waals surface area contributed by atoms with Gasteiger partial charge in [-0.1, -0.05) is 0 Å². The predicted octanol–water partition coefficient (Wildman–Crippen LogP) is 0.686. The average Bonchev–Trinajstić information content (AvgIpc) is 2.60. The highest BCUT2D eigenvalue weighted by molar-refractivity contribution is 5.19. The minimum atomic E-state index is -0.469. The van der Waals surface area contributed by atoms with Crippen LogP contribution in [0.4, 0.5) is 5.82 Å². The summed E-state index contributed by atoms with van der Waals surface area (Å²) in [5.74, 6) is 0.504. The van der Waals surface area contributed by atoms with Crippen LogP contribution >= 0.6 is 0 Å². The van der Waals surface area contributed by atoms with Crippen LogP contribution in [0.25, 0.3) is 0 Å². The molecule has 0 bridgehead atoms. The zero-order chi connectivity index (χ0) is 12.1. The molecule has 0 saturated heterocycles. The second-order valence-corrected chi connectivity index (χ2v) is 3.64. The molecule has 0 aromatic carbocycles. The molecule has 0 spiro atoms. The maximum atomic E-state index is 10.7. The molecule has 7 nitrogen and oxygen atoms in total. The number of hydrogen-bond acceptors (Lipinski definition) is 5. The third-order valence-corrected chi connectivity index (χ3v) is 2.44. The molecule has 0 fully saturated rings. The standard InChI is InChI=1S/C9H17N5O2/c1-7-12-6-9(14(15)16)13(7)8(11)4-2-3-5-10/h6,8H,2-5,10-11H2,1H3. The lowest BCUT2D eigenvalue weighted by Gasteiger charge is -2.11. The molecular formula is C9H17N5O2. The Morgan fingerprint density at radius 3 is 2.88 bits per heavy atom. The van der Waals surface area contributed by atoms with Gasteiger partial charge in [0.15, 0.2) is 12.0 Å². The van der Waals surface area contributed by atoms with Crippen molar-refractivity contribution in [2.24, 2.45) is 11.5 Å². The summed E-state index contributed by atoms with van der Waals surface area (Å²) in [6.07, 6.45) is 3.21. The molecule has 0 saturated carbocycles. The van der Waals surface area contributed by atoms with Gasteiger partial charge in [0.2, 0.25) is 0 Å². The number of nitro groups is 1. The minimum Gasteiger partial charge on any atom is -0.358 e. The quantitative estimate of drug-likeness (QED) is 0.421. The molecule has 0 aliphatic carbocycles. The van der Waals surface area contributed by atoms with Crippen molar-refractivity contribution in [2.75, 3.05) is 6.54 Å². The van der Waals surface area contributed by atoms with Gasteiger partial charge in [0.25, 0.3) is 0 Å². The highest BCUT2D eigenvalue weighted by Gasteiger charge is 2.22. The number of hydrogen-bond donors (Lipinski definition) is 2. The number of rotatable bonds is 6. The fourth-order valence-electron chi connectivity index (χ4n) is 1.61. The zero-order valence-electron chi connectivity index (χ0n) is 9.30. The molecule has 4 N–H and O–H groups in total. The van der Waals surface area contributed by atoms with Gasteiger partial charge in [-0.25, -0.2) is 4.98 Å². The first-order valence-electron chi connectivity index (χ1n) is 5.21. The molecule has 1 atom stereocenters. The van der Waals surface area contributed by atoms with Crippen molar-refractivity contribution in [2.45, 2.75) is 32.4 Å². The Balaban J connectivity index is 2.77. The Hall–Kier alpha value is -1.47. The lowest BCUT2D eigenvalue weighted by molar-refractivity contribution is -0.392. The SMILES string of the molecule is Cc1ncc([N+](=O)[O-])n1C(N)CCCCN. The summed E-state index contributed by atoms with van der Waals surface area (Å²) in [5.41, 5.74) is 11.3. The summed E-state index contributed by atoms with van der Waals surface area (Å²) in [6.45, 7) is 2.31. The molecule has 1 unspecified atom stereocenters. The van der Waals surface area contributed by atoms with Crippen molar-refractivity contribution in [1.82, 2.24) is 9.55 Å². The summed E-state index contributed by atoms with van der Waals surface area (Å²) in [7, 11) is 0. The highest BCUT2D eigenvalue weighted by atomic mass is 16.6. The van der Waals surface area contributed by atoms with Crippen LogP contribution < -0.4 is 11.5 Å². The normalized spacial score (nSPS) is 12.7. The Labute approximate surface area is 93.6 Å². The Kier molecular flexibility index (Phi) is 4.39. The van der Waals surface area contributed by atoms with E-state index in [1.165, 1.54) is 10.8 Å². The maximum Gasteiger partial charge on any atom is 0.344 e. The topological polar surface area (TPSA) is 113 Å². The molecule has 0 aliphatic rings. The summed E-state index contributed by atoms with van der Waals surface area (Å²) in [6, 6.07) is 0. The third kappa shape index (κ3) is 2.77. The van der Waals surface area contributed by atoms with Crippen LogP contribution in [0.15, 0.2) is 6.20 Å². The average molecular weight is 227 g/mol. The van der Waals surface area contributed by atoms with E-state index >= 15 is 0 Å². The van der Waals surface area contributed by atoms with E-state index in [-0.39, 0.29) is 5.82 Å². The van der Waals surface area contributed by atoms with Gasteiger partial charge < -0.3 is 15.8 Å². The van der Waals surface area contributed by atoms with E-state index in [1.807, 2.05) is 0 Å². The van der Waals surface area contributed by atoms with Crippen LogP contribution in [0.3, 0.4) is 0 Å². The van der Waals surface area contributed by atoms with Crippen molar-refractivity contribution >= 4 is 5.82 Å². The molecule has 90 valence electrons. The zero-order valence-corrected chi connectivity index (χ0v) is 9.30. The van der Waals surface area contributed by atoms with Gasteiger partial charge >= 0.3 is 5.82 Å². The van der Waals surface area contributed by atoms with E-state index in [0.29, 0.717) is 18.8 Å². The van der Waals surface area contributed by atoms with Crippen LogP contribution in [0.1, 0.15) is 31.3 Å². The maximum absolute atomic E-state index is 10.7. The van der Waals surface area contributed by atoms with Gasteiger partial charge in [-0.3, -0.25) is 5.73 Å². The van der Waals surface area contributed by atoms with Crippen molar-refractivity contribution in [3.05, 3.63) is 22.1 Å². The van der Waals surface area contributed by atoms with Gasteiger partial charge in [0, 0.05) is 13.3 Å². The minimum absolute atomic E-state index is 0.0576. The van der Waals surface area contributed by atoms with E-state index in [1.54, 1.807) is 6.92 Å². The molecule has 0 aliphatic heterocycles. The molecule has 1 aromatic heterocycles. The second kappa shape index (κ2) is 5.57. The number of unbranched alkanes of at least 4 members (excludes halogenated alkanes) is 1. The van der Waals surface area contributed by atoms with Gasteiger partial charge in [-0.05, 0) is 24.3 Å². The Bertz CT molecular complexity index is 363. The summed E-state index contributed by atoms with van der Waals surface area (Å²) in [4.78, 5) is 14.2. The molecule has 1 aromatic rings. The van der Waals surface area contributed by atoms with Crippen LogP contribution in [0.5, 0.6) is 0 Å². The van der Waals surface area contributed by atoms with Crippen LogP contribution in [0.2, 0.25) is 0 Å². The predicted molar refractivity (Wildman–Crippen MR) is 59.7 cm³/mol. The van der Waals surface area contributed by atoms with Gasteiger partial charge in [-0.15, -0.1) is 0 Å². The van der Waals surface area contributed by atoms with Crippen LogP contribution in [0, 0.1) is 17.0 Å². The molecule has 7 heteroatoms. The number of aryl methyl sites for hydroxylation is 1. The van der Waals surface area contributed by atoms with E-state index in [0.717, 1.165) is 12.8 Å². The van der Waals surface area contributed by atoms with Crippen molar-refractivity contribution in [3.63, 3.8) is 0 Å². The fourth-order valence-corrected chi connectivity index (χ4v) is 1.61. The summed E-state index contributed by atoms with van der Waals surface area (Å²) < 4.78 is 1.45. The molecule has 16 heavy (non-hydrogen) atoms. The van der Waals surface area contributed by atoms with Crippen molar-refractivity contribution < 1.29 is 4.92 Å². The smallest absolute Gasteiger partial charge is 0.344 e. The summed E-state index contributed by atoms with van der Waals surface area (Å²) >= 11 is 0. The monoisotopic (exact) mass is 227 g/mol. The highest BCUT2D eigenvalue weighted by Crippen LogP contribution is 2.20. The lowest BCUT2D eigenvalue weighted by Crippen LogP contribution is -2.21. The first-order valence-corrected chi connectivity index (χ1v) is 5.21. The Morgan fingerprint density at radius 1 is 1.62 bits per heavy atom. The fraction of sp³-hybridized carbons (Fsp3) is 0.667. The third-order valence-electron chi connectivity index (χ3n) is 2.44.